The van der Waals surface area contributed by atoms with E-state index in [1.807, 2.05) is 31.2 Å². The standard InChI is InChI=1S/C16H24ClN3O3S/c1-2-4-16(21)18-7-12-24(22,23)20-10-8-19(9-11-20)15-6-3-5-14(17)13-15/h3,5-6,13H,2,4,7-12H2,1H3,(H,18,21). The highest BCUT2D eigenvalue weighted by molar-refractivity contribution is 7.89. The fourth-order valence-corrected chi connectivity index (χ4v) is 4.18. The molecule has 0 spiro atoms. The maximum atomic E-state index is 12.4. The first-order valence-corrected chi connectivity index (χ1v) is 10.2. The zero-order valence-corrected chi connectivity index (χ0v) is 15.4. The number of benzene rings is 1. The number of carbonyl (C=O) groups is 1. The van der Waals surface area contributed by atoms with Gasteiger partial charge in [-0.15, -0.1) is 0 Å². The van der Waals surface area contributed by atoms with Crippen LogP contribution in [0, 0.1) is 0 Å². The van der Waals surface area contributed by atoms with Crippen molar-refractivity contribution in [1.82, 2.24) is 9.62 Å². The molecule has 0 aliphatic carbocycles. The predicted molar refractivity (Wildman–Crippen MR) is 96.9 cm³/mol. The Morgan fingerprint density at radius 2 is 1.96 bits per heavy atom. The Labute approximate surface area is 148 Å². The number of rotatable bonds is 7. The van der Waals surface area contributed by atoms with Crippen molar-refractivity contribution in [2.24, 2.45) is 0 Å². The molecule has 1 aromatic rings. The normalized spacial score (nSPS) is 16.2. The summed E-state index contributed by atoms with van der Waals surface area (Å²) in [5.41, 5.74) is 1.01. The van der Waals surface area contributed by atoms with E-state index in [2.05, 4.69) is 10.2 Å². The molecule has 0 unspecified atom stereocenters. The molecule has 0 atom stereocenters. The van der Waals surface area contributed by atoms with Crippen molar-refractivity contribution in [3.8, 4) is 0 Å². The van der Waals surface area contributed by atoms with Crippen LogP contribution in [0.2, 0.25) is 5.02 Å². The molecule has 1 fully saturated rings. The van der Waals surface area contributed by atoms with E-state index in [1.165, 1.54) is 4.31 Å². The number of nitrogens with zero attached hydrogens (tertiary/aromatic N) is 2. The largest absolute Gasteiger partial charge is 0.369 e. The lowest BCUT2D eigenvalue weighted by Crippen LogP contribution is -2.50. The highest BCUT2D eigenvalue weighted by Crippen LogP contribution is 2.21. The molecular weight excluding hydrogens is 350 g/mol. The second kappa shape index (κ2) is 8.69. The number of piperazine rings is 1. The van der Waals surface area contributed by atoms with Gasteiger partial charge in [-0.2, -0.15) is 4.31 Å². The van der Waals surface area contributed by atoms with E-state index in [0.29, 0.717) is 37.6 Å². The van der Waals surface area contributed by atoms with Gasteiger partial charge >= 0.3 is 0 Å². The van der Waals surface area contributed by atoms with E-state index in [9.17, 15) is 13.2 Å². The van der Waals surface area contributed by atoms with E-state index in [1.54, 1.807) is 0 Å². The minimum atomic E-state index is -3.34. The van der Waals surface area contributed by atoms with Crippen LogP contribution in [0.5, 0.6) is 0 Å². The minimum Gasteiger partial charge on any atom is -0.369 e. The molecule has 8 heteroatoms. The Balaban J connectivity index is 1.83. The van der Waals surface area contributed by atoms with Gasteiger partial charge < -0.3 is 10.2 Å². The van der Waals surface area contributed by atoms with Crippen LogP contribution in [0.15, 0.2) is 24.3 Å². The summed E-state index contributed by atoms with van der Waals surface area (Å²) in [7, 11) is -3.34. The molecule has 0 bridgehead atoms. The number of hydrogen-bond donors (Lipinski definition) is 1. The smallest absolute Gasteiger partial charge is 0.220 e. The molecule has 2 rings (SSSR count). The lowest BCUT2D eigenvalue weighted by molar-refractivity contribution is -0.120. The third-order valence-electron chi connectivity index (χ3n) is 3.96. The minimum absolute atomic E-state index is 0.0559. The molecule has 0 radical (unpaired) electrons. The molecule has 1 heterocycles. The third kappa shape index (κ3) is 5.36. The average Bonchev–Trinajstić information content (AvgIpc) is 2.55. The van der Waals surface area contributed by atoms with Crippen molar-refractivity contribution in [2.45, 2.75) is 19.8 Å². The summed E-state index contributed by atoms with van der Waals surface area (Å²) < 4.78 is 26.2. The number of hydrogen-bond acceptors (Lipinski definition) is 4. The molecule has 1 amide bonds. The third-order valence-corrected chi connectivity index (χ3v) is 6.07. The molecule has 1 aromatic carbocycles. The van der Waals surface area contributed by atoms with Crippen LogP contribution in [0.3, 0.4) is 0 Å². The van der Waals surface area contributed by atoms with E-state index in [0.717, 1.165) is 12.1 Å². The van der Waals surface area contributed by atoms with Gasteiger partial charge in [-0.3, -0.25) is 4.79 Å². The molecule has 1 aliphatic rings. The van der Waals surface area contributed by atoms with Crippen LogP contribution in [0.4, 0.5) is 5.69 Å². The molecule has 0 saturated carbocycles. The molecule has 0 aromatic heterocycles. The van der Waals surface area contributed by atoms with Crippen LogP contribution in [-0.4, -0.2) is 57.1 Å². The number of sulfonamides is 1. The zero-order valence-electron chi connectivity index (χ0n) is 13.9. The number of amides is 1. The summed E-state index contributed by atoms with van der Waals surface area (Å²) in [6, 6.07) is 7.56. The Morgan fingerprint density at radius 3 is 2.58 bits per heavy atom. The SMILES string of the molecule is CCCC(=O)NCCS(=O)(=O)N1CCN(c2cccc(Cl)c2)CC1. The van der Waals surface area contributed by atoms with Crippen LogP contribution >= 0.6 is 11.6 Å². The summed E-state index contributed by atoms with van der Waals surface area (Å²) in [5.74, 6) is -0.155. The summed E-state index contributed by atoms with van der Waals surface area (Å²) in [6.45, 7) is 4.21. The van der Waals surface area contributed by atoms with Crippen molar-refractivity contribution in [3.63, 3.8) is 0 Å². The fourth-order valence-electron chi connectivity index (χ4n) is 2.66. The van der Waals surface area contributed by atoms with Crippen molar-refractivity contribution in [3.05, 3.63) is 29.3 Å². The summed E-state index contributed by atoms with van der Waals surface area (Å²) in [4.78, 5) is 13.5. The second-order valence-electron chi connectivity index (χ2n) is 5.78. The van der Waals surface area contributed by atoms with Gasteiger partial charge in [0.1, 0.15) is 0 Å². The average molecular weight is 374 g/mol. The fraction of sp³-hybridized carbons (Fsp3) is 0.562. The van der Waals surface area contributed by atoms with Gasteiger partial charge in [0.15, 0.2) is 0 Å². The van der Waals surface area contributed by atoms with Crippen LogP contribution in [0.25, 0.3) is 0 Å². The first-order valence-electron chi connectivity index (χ1n) is 8.17. The van der Waals surface area contributed by atoms with E-state index in [-0.39, 0.29) is 18.2 Å². The van der Waals surface area contributed by atoms with Gasteiger partial charge in [-0.25, -0.2) is 8.42 Å². The first-order chi connectivity index (χ1) is 11.4. The van der Waals surface area contributed by atoms with Crippen molar-refractivity contribution >= 4 is 33.2 Å². The monoisotopic (exact) mass is 373 g/mol. The quantitative estimate of drug-likeness (QED) is 0.789. The maximum absolute atomic E-state index is 12.4. The highest BCUT2D eigenvalue weighted by Gasteiger charge is 2.26. The molecular formula is C16H24ClN3O3S. The Kier molecular flexibility index (Phi) is 6.89. The van der Waals surface area contributed by atoms with E-state index >= 15 is 0 Å². The highest BCUT2D eigenvalue weighted by atomic mass is 35.5. The number of carbonyl (C=O) groups excluding carboxylic acids is 1. The van der Waals surface area contributed by atoms with Gasteiger partial charge in [0.05, 0.1) is 5.75 Å². The van der Waals surface area contributed by atoms with E-state index in [4.69, 9.17) is 11.6 Å². The predicted octanol–water partition coefficient (Wildman–Crippen LogP) is 1.71. The van der Waals surface area contributed by atoms with Crippen LogP contribution in [0.1, 0.15) is 19.8 Å². The van der Waals surface area contributed by atoms with Gasteiger partial charge in [0.25, 0.3) is 0 Å². The number of halogens is 1. The number of anilines is 1. The van der Waals surface area contributed by atoms with Crippen LogP contribution in [-0.2, 0) is 14.8 Å². The van der Waals surface area contributed by atoms with Crippen molar-refractivity contribution < 1.29 is 13.2 Å². The lowest BCUT2D eigenvalue weighted by atomic mass is 10.2. The van der Waals surface area contributed by atoms with Crippen LogP contribution < -0.4 is 10.2 Å². The zero-order chi connectivity index (χ0) is 17.6. The molecule has 134 valence electrons. The maximum Gasteiger partial charge on any atom is 0.220 e. The molecule has 6 nitrogen and oxygen atoms in total. The summed E-state index contributed by atoms with van der Waals surface area (Å²) in [5, 5.41) is 3.32. The second-order valence-corrected chi connectivity index (χ2v) is 8.31. The number of nitrogens with one attached hydrogen (secondary N) is 1. The van der Waals surface area contributed by atoms with Gasteiger partial charge in [0.2, 0.25) is 15.9 Å². The van der Waals surface area contributed by atoms with Gasteiger partial charge in [0, 0.05) is 49.9 Å². The molecule has 24 heavy (non-hydrogen) atoms. The Bertz CT molecular complexity index is 658. The summed E-state index contributed by atoms with van der Waals surface area (Å²) >= 11 is 6.00. The first kappa shape index (κ1) is 19.0. The van der Waals surface area contributed by atoms with E-state index < -0.39 is 10.0 Å². The molecule has 1 saturated heterocycles. The molecule has 1 N–H and O–H groups in total. The van der Waals surface area contributed by atoms with Gasteiger partial charge in [-0.05, 0) is 24.6 Å². The topological polar surface area (TPSA) is 69.7 Å². The van der Waals surface area contributed by atoms with Gasteiger partial charge in [-0.1, -0.05) is 24.6 Å². The summed E-state index contributed by atoms with van der Waals surface area (Å²) in [6.07, 6.45) is 1.18. The van der Waals surface area contributed by atoms with Crippen molar-refractivity contribution in [1.29, 1.82) is 0 Å². The lowest BCUT2D eigenvalue weighted by Gasteiger charge is -2.35. The Morgan fingerprint density at radius 1 is 1.25 bits per heavy atom. The Hall–Kier alpha value is -1.31. The molecule has 1 aliphatic heterocycles. The van der Waals surface area contributed by atoms with Crippen molar-refractivity contribution in [2.75, 3.05) is 43.4 Å².